The Morgan fingerprint density at radius 3 is 2.78 bits per heavy atom. The maximum Gasteiger partial charge on any atom is 0.233 e. The van der Waals surface area contributed by atoms with Crippen LogP contribution in [0.4, 0.5) is 0 Å². The van der Waals surface area contributed by atoms with Crippen molar-refractivity contribution in [3.05, 3.63) is 28.2 Å². The summed E-state index contributed by atoms with van der Waals surface area (Å²) in [4.78, 5) is 14.7. The van der Waals surface area contributed by atoms with E-state index in [1.807, 2.05) is 4.90 Å². The first-order valence-corrected chi connectivity index (χ1v) is 7.47. The molecule has 1 saturated heterocycles. The number of piperazine rings is 1. The average molecular weight is 305 g/mol. The molecule has 0 aromatic heterocycles. The van der Waals surface area contributed by atoms with Crippen LogP contribution in [0.15, 0.2) is 23.1 Å². The van der Waals surface area contributed by atoms with Gasteiger partial charge in [0.05, 0.1) is 10.8 Å². The first kappa shape index (κ1) is 14.0. The number of amides is 1. The second-order valence-electron chi connectivity index (χ2n) is 3.99. The third kappa shape index (κ3) is 3.79. The molecular weight excluding hydrogens is 291 g/mol. The summed E-state index contributed by atoms with van der Waals surface area (Å²) in [5.74, 6) is 0.553. The second kappa shape index (κ2) is 6.66. The van der Waals surface area contributed by atoms with Crippen molar-refractivity contribution in [2.45, 2.75) is 4.90 Å². The van der Waals surface area contributed by atoms with Gasteiger partial charge < -0.3 is 10.2 Å². The van der Waals surface area contributed by atoms with Crippen molar-refractivity contribution in [3.8, 4) is 0 Å². The lowest BCUT2D eigenvalue weighted by atomic mass is 10.3. The van der Waals surface area contributed by atoms with E-state index >= 15 is 0 Å². The van der Waals surface area contributed by atoms with Gasteiger partial charge >= 0.3 is 0 Å². The Morgan fingerprint density at radius 2 is 2.06 bits per heavy atom. The summed E-state index contributed by atoms with van der Waals surface area (Å²) >= 11 is 13.4. The molecule has 1 heterocycles. The van der Waals surface area contributed by atoms with Gasteiger partial charge in [-0.25, -0.2) is 0 Å². The smallest absolute Gasteiger partial charge is 0.233 e. The van der Waals surface area contributed by atoms with Gasteiger partial charge in [0.1, 0.15) is 0 Å². The van der Waals surface area contributed by atoms with Crippen LogP contribution in [-0.2, 0) is 4.79 Å². The minimum Gasteiger partial charge on any atom is -0.339 e. The van der Waals surface area contributed by atoms with Crippen molar-refractivity contribution in [2.24, 2.45) is 0 Å². The molecule has 1 N–H and O–H groups in total. The lowest BCUT2D eigenvalue weighted by Crippen LogP contribution is -2.47. The van der Waals surface area contributed by atoms with Crippen LogP contribution in [0, 0.1) is 0 Å². The van der Waals surface area contributed by atoms with Gasteiger partial charge in [-0.3, -0.25) is 4.79 Å². The summed E-state index contributed by atoms with van der Waals surface area (Å²) in [7, 11) is 0. The van der Waals surface area contributed by atoms with E-state index in [9.17, 15) is 4.79 Å². The highest BCUT2D eigenvalue weighted by atomic mass is 35.5. The first-order valence-electron chi connectivity index (χ1n) is 5.73. The third-order valence-corrected chi connectivity index (χ3v) is 4.43. The molecule has 0 atom stereocenters. The van der Waals surface area contributed by atoms with Crippen molar-refractivity contribution in [1.82, 2.24) is 10.2 Å². The van der Waals surface area contributed by atoms with Crippen molar-refractivity contribution in [2.75, 3.05) is 31.9 Å². The molecule has 1 aromatic rings. The molecule has 0 saturated carbocycles. The highest BCUT2D eigenvalue weighted by molar-refractivity contribution is 8.00. The number of benzene rings is 1. The molecule has 0 spiro atoms. The molecule has 0 aliphatic carbocycles. The van der Waals surface area contributed by atoms with Crippen LogP contribution in [-0.4, -0.2) is 42.7 Å². The zero-order chi connectivity index (χ0) is 13.0. The lowest BCUT2D eigenvalue weighted by Gasteiger charge is -2.27. The van der Waals surface area contributed by atoms with Crippen LogP contribution in [0.3, 0.4) is 0 Å². The Morgan fingerprint density at radius 1 is 1.33 bits per heavy atom. The van der Waals surface area contributed by atoms with Crippen LogP contribution in [0.1, 0.15) is 0 Å². The molecule has 1 aliphatic heterocycles. The van der Waals surface area contributed by atoms with Crippen molar-refractivity contribution in [1.29, 1.82) is 0 Å². The molecule has 0 radical (unpaired) electrons. The Labute approximate surface area is 121 Å². The number of nitrogens with zero attached hydrogens (tertiary/aromatic N) is 1. The molecule has 3 nitrogen and oxygen atoms in total. The van der Waals surface area contributed by atoms with Crippen LogP contribution >= 0.6 is 35.0 Å². The average Bonchev–Trinajstić information content (AvgIpc) is 2.40. The number of hydrogen-bond acceptors (Lipinski definition) is 3. The lowest BCUT2D eigenvalue weighted by molar-refractivity contribution is -0.128. The van der Waals surface area contributed by atoms with Gasteiger partial charge in [-0.2, -0.15) is 0 Å². The van der Waals surface area contributed by atoms with Gasteiger partial charge in [-0.1, -0.05) is 23.2 Å². The number of carbonyl (C=O) groups is 1. The number of halogens is 2. The number of nitrogens with one attached hydrogen (secondary N) is 1. The van der Waals surface area contributed by atoms with E-state index in [0.29, 0.717) is 15.8 Å². The summed E-state index contributed by atoms with van der Waals surface area (Å²) in [5.41, 5.74) is 0. The van der Waals surface area contributed by atoms with Gasteiger partial charge in [0.15, 0.2) is 0 Å². The zero-order valence-electron chi connectivity index (χ0n) is 9.79. The fourth-order valence-corrected chi connectivity index (χ4v) is 3.13. The minimum atomic E-state index is 0.151. The Bertz CT molecular complexity index is 436. The highest BCUT2D eigenvalue weighted by Crippen LogP contribution is 2.29. The summed E-state index contributed by atoms with van der Waals surface area (Å²) in [6, 6.07) is 5.28. The number of carbonyl (C=O) groups excluding carboxylic acids is 1. The summed E-state index contributed by atoms with van der Waals surface area (Å²) in [6.45, 7) is 3.30. The number of thioether (sulfide) groups is 1. The van der Waals surface area contributed by atoms with E-state index < -0.39 is 0 Å². The van der Waals surface area contributed by atoms with Gasteiger partial charge in [0.2, 0.25) is 5.91 Å². The van der Waals surface area contributed by atoms with Crippen LogP contribution in [0.25, 0.3) is 0 Å². The molecule has 1 aromatic carbocycles. The highest BCUT2D eigenvalue weighted by Gasteiger charge is 2.16. The van der Waals surface area contributed by atoms with Crippen molar-refractivity contribution >= 4 is 40.9 Å². The molecule has 0 unspecified atom stereocenters. The Balaban J connectivity index is 1.90. The number of rotatable bonds is 3. The van der Waals surface area contributed by atoms with E-state index in [4.69, 9.17) is 23.2 Å². The zero-order valence-corrected chi connectivity index (χ0v) is 12.1. The van der Waals surface area contributed by atoms with Crippen molar-refractivity contribution in [3.63, 3.8) is 0 Å². The fourth-order valence-electron chi connectivity index (χ4n) is 1.73. The Kier molecular flexibility index (Phi) is 5.18. The molecule has 98 valence electrons. The predicted molar refractivity (Wildman–Crippen MR) is 76.6 cm³/mol. The molecule has 1 amide bonds. The van der Waals surface area contributed by atoms with Crippen LogP contribution in [0.2, 0.25) is 10.0 Å². The van der Waals surface area contributed by atoms with Gasteiger partial charge in [-0.15, -0.1) is 11.8 Å². The van der Waals surface area contributed by atoms with E-state index in [2.05, 4.69) is 5.32 Å². The molecular formula is C12H14Cl2N2OS. The standard InChI is InChI=1S/C12H14Cl2N2OS/c13-9-1-2-10(14)11(7-9)18-8-12(17)16-5-3-15-4-6-16/h1-2,7,15H,3-6,8H2. The summed E-state index contributed by atoms with van der Waals surface area (Å²) in [6.07, 6.45) is 0. The van der Waals surface area contributed by atoms with Crippen LogP contribution in [0.5, 0.6) is 0 Å². The fraction of sp³-hybridized carbons (Fsp3) is 0.417. The van der Waals surface area contributed by atoms with E-state index in [-0.39, 0.29) is 5.91 Å². The molecule has 6 heteroatoms. The minimum absolute atomic E-state index is 0.151. The SMILES string of the molecule is O=C(CSc1cc(Cl)ccc1Cl)N1CCNCC1. The maximum absolute atomic E-state index is 12.0. The normalized spacial score (nSPS) is 15.8. The second-order valence-corrected chi connectivity index (χ2v) is 5.86. The summed E-state index contributed by atoms with van der Waals surface area (Å²) < 4.78 is 0. The van der Waals surface area contributed by atoms with Gasteiger partial charge in [-0.05, 0) is 18.2 Å². The maximum atomic E-state index is 12.0. The quantitative estimate of drug-likeness (QED) is 0.871. The van der Waals surface area contributed by atoms with Gasteiger partial charge in [0, 0.05) is 36.1 Å². The Hall–Kier alpha value is -0.420. The monoisotopic (exact) mass is 304 g/mol. The molecule has 1 fully saturated rings. The molecule has 0 bridgehead atoms. The van der Waals surface area contributed by atoms with Crippen molar-refractivity contribution < 1.29 is 4.79 Å². The molecule has 18 heavy (non-hydrogen) atoms. The third-order valence-electron chi connectivity index (χ3n) is 2.71. The first-order chi connectivity index (χ1) is 8.66. The summed E-state index contributed by atoms with van der Waals surface area (Å²) in [5, 5.41) is 4.49. The van der Waals surface area contributed by atoms with E-state index in [1.165, 1.54) is 11.8 Å². The molecule has 1 aliphatic rings. The van der Waals surface area contributed by atoms with Gasteiger partial charge in [0.25, 0.3) is 0 Å². The molecule has 2 rings (SSSR count). The van der Waals surface area contributed by atoms with E-state index in [0.717, 1.165) is 31.1 Å². The number of hydrogen-bond donors (Lipinski definition) is 1. The largest absolute Gasteiger partial charge is 0.339 e. The topological polar surface area (TPSA) is 32.3 Å². The van der Waals surface area contributed by atoms with E-state index in [1.54, 1.807) is 18.2 Å². The van der Waals surface area contributed by atoms with Crippen LogP contribution < -0.4 is 5.32 Å². The predicted octanol–water partition coefficient (Wildman–Crippen LogP) is 2.52.